The number of ether oxygens (including phenoxy) is 2. The molecule has 2 nitrogen and oxygen atoms in total. The molecule has 0 bridgehead atoms. The summed E-state index contributed by atoms with van der Waals surface area (Å²) in [4.78, 5) is 0. The summed E-state index contributed by atoms with van der Waals surface area (Å²) in [6.45, 7) is 6.01. The smallest absolute Gasteiger partial charge is 0.244 e. The molecule has 0 saturated carbocycles. The Morgan fingerprint density at radius 3 is 2.64 bits per heavy atom. The second-order valence-electron chi connectivity index (χ2n) is 3.31. The lowest BCUT2D eigenvalue weighted by Crippen LogP contribution is -2.20. The lowest BCUT2D eigenvalue weighted by Gasteiger charge is -2.18. The predicted molar refractivity (Wildman–Crippen MR) is 43.9 cm³/mol. The van der Waals surface area contributed by atoms with Crippen LogP contribution in [0.1, 0.15) is 40.0 Å². The third-order valence-corrected chi connectivity index (χ3v) is 1.63. The van der Waals surface area contributed by atoms with E-state index in [9.17, 15) is 0 Å². The minimum atomic E-state index is -0.428. The Morgan fingerprint density at radius 1 is 1.45 bits per heavy atom. The molecule has 0 atom stereocenters. The second kappa shape index (κ2) is 3.16. The summed E-state index contributed by atoms with van der Waals surface area (Å²) in [5.74, 6) is 0.556. The van der Waals surface area contributed by atoms with Gasteiger partial charge in [0, 0.05) is 20.3 Å². The molecule has 0 N–H and O–H groups in total. The van der Waals surface area contributed by atoms with Crippen LogP contribution in [0.15, 0.2) is 12.0 Å². The lowest BCUT2D eigenvalue weighted by atomic mass is 10.2. The number of hydrogen-bond acceptors (Lipinski definition) is 2. The molecular formula is C9H16O2. The maximum absolute atomic E-state index is 5.49. The van der Waals surface area contributed by atoms with Gasteiger partial charge in [-0.05, 0) is 6.42 Å². The topological polar surface area (TPSA) is 18.5 Å². The molecule has 1 rings (SSSR count). The van der Waals surface area contributed by atoms with Crippen molar-refractivity contribution in [1.82, 2.24) is 0 Å². The Labute approximate surface area is 68.2 Å². The van der Waals surface area contributed by atoms with Gasteiger partial charge in [0.15, 0.2) is 0 Å². The number of allylic oxidation sites excluding steroid dienone is 1. The Bertz CT molecular complexity index is 159. The first-order valence-electron chi connectivity index (χ1n) is 4.20. The molecule has 0 aromatic rings. The summed E-state index contributed by atoms with van der Waals surface area (Å²) in [5, 5.41) is 0. The normalized spacial score (nSPS) is 20.5. The molecule has 2 heteroatoms. The van der Waals surface area contributed by atoms with Crippen molar-refractivity contribution in [2.45, 2.75) is 45.8 Å². The first-order valence-corrected chi connectivity index (χ1v) is 4.20. The van der Waals surface area contributed by atoms with Gasteiger partial charge in [0.05, 0.1) is 0 Å². The van der Waals surface area contributed by atoms with E-state index < -0.39 is 5.79 Å². The molecule has 0 aromatic carbocycles. The van der Waals surface area contributed by atoms with Crippen molar-refractivity contribution in [3.63, 3.8) is 0 Å². The van der Waals surface area contributed by atoms with Crippen molar-refractivity contribution in [2.75, 3.05) is 0 Å². The minimum Gasteiger partial charge on any atom is -0.457 e. The fraction of sp³-hybridized carbons (Fsp3) is 0.778. The van der Waals surface area contributed by atoms with Gasteiger partial charge in [-0.1, -0.05) is 13.3 Å². The largest absolute Gasteiger partial charge is 0.457 e. The fourth-order valence-electron chi connectivity index (χ4n) is 1.03. The molecule has 0 aliphatic carbocycles. The average molecular weight is 156 g/mol. The van der Waals surface area contributed by atoms with E-state index in [0.717, 1.165) is 12.2 Å². The van der Waals surface area contributed by atoms with Crippen LogP contribution in [0.5, 0.6) is 0 Å². The van der Waals surface area contributed by atoms with Crippen LogP contribution in [-0.4, -0.2) is 5.79 Å². The maximum Gasteiger partial charge on any atom is 0.244 e. The summed E-state index contributed by atoms with van der Waals surface area (Å²) >= 11 is 0. The highest BCUT2D eigenvalue weighted by atomic mass is 16.7. The van der Waals surface area contributed by atoms with Crippen molar-refractivity contribution in [3.05, 3.63) is 12.0 Å². The Kier molecular flexibility index (Phi) is 2.42. The number of rotatable bonds is 3. The Balaban J connectivity index is 2.29. The highest BCUT2D eigenvalue weighted by Crippen LogP contribution is 2.26. The molecule has 1 aliphatic rings. The monoisotopic (exact) mass is 156 g/mol. The van der Waals surface area contributed by atoms with E-state index in [0.29, 0.717) is 0 Å². The van der Waals surface area contributed by atoms with Gasteiger partial charge in [-0.25, -0.2) is 0 Å². The number of hydrogen-bond donors (Lipinski definition) is 0. The Hall–Kier alpha value is -0.660. The molecule has 11 heavy (non-hydrogen) atoms. The van der Waals surface area contributed by atoms with E-state index in [1.807, 2.05) is 13.8 Å². The van der Waals surface area contributed by atoms with E-state index in [1.165, 1.54) is 12.8 Å². The van der Waals surface area contributed by atoms with E-state index in [2.05, 4.69) is 6.92 Å². The van der Waals surface area contributed by atoms with Gasteiger partial charge < -0.3 is 9.47 Å². The predicted octanol–water partition coefficient (Wildman–Crippen LogP) is 2.80. The van der Waals surface area contributed by atoms with Crippen LogP contribution < -0.4 is 0 Å². The molecule has 0 radical (unpaired) electrons. The first kappa shape index (κ1) is 8.44. The fourth-order valence-corrected chi connectivity index (χ4v) is 1.03. The molecule has 0 saturated heterocycles. The standard InChI is InChI=1S/C9H16O2/c1-4-5-6-8-7-10-9(2,3)11-8/h7H,4-6H2,1-3H3. The molecule has 0 spiro atoms. The summed E-state index contributed by atoms with van der Waals surface area (Å²) in [5.41, 5.74) is 0. The average Bonchev–Trinajstić information content (AvgIpc) is 2.26. The van der Waals surface area contributed by atoms with Gasteiger partial charge in [-0.3, -0.25) is 0 Å². The summed E-state index contributed by atoms with van der Waals surface area (Å²) in [7, 11) is 0. The molecule has 1 aliphatic heterocycles. The van der Waals surface area contributed by atoms with Crippen LogP contribution in [0.2, 0.25) is 0 Å². The number of unbranched alkanes of at least 4 members (excludes halogenated alkanes) is 1. The van der Waals surface area contributed by atoms with Crippen molar-refractivity contribution in [1.29, 1.82) is 0 Å². The molecule has 0 aromatic heterocycles. The lowest BCUT2D eigenvalue weighted by molar-refractivity contribution is -0.117. The third-order valence-electron chi connectivity index (χ3n) is 1.63. The quantitative estimate of drug-likeness (QED) is 0.625. The van der Waals surface area contributed by atoms with Crippen molar-refractivity contribution in [2.24, 2.45) is 0 Å². The van der Waals surface area contributed by atoms with Gasteiger partial charge in [0.2, 0.25) is 5.79 Å². The van der Waals surface area contributed by atoms with Gasteiger partial charge in [-0.2, -0.15) is 0 Å². The van der Waals surface area contributed by atoms with Crippen LogP contribution in [0.25, 0.3) is 0 Å². The minimum absolute atomic E-state index is 0.428. The van der Waals surface area contributed by atoms with Gasteiger partial charge in [0.1, 0.15) is 12.0 Å². The van der Waals surface area contributed by atoms with Gasteiger partial charge in [-0.15, -0.1) is 0 Å². The van der Waals surface area contributed by atoms with Crippen LogP contribution >= 0.6 is 0 Å². The highest BCUT2D eigenvalue weighted by Gasteiger charge is 2.26. The Morgan fingerprint density at radius 2 is 2.18 bits per heavy atom. The van der Waals surface area contributed by atoms with Crippen LogP contribution in [-0.2, 0) is 9.47 Å². The van der Waals surface area contributed by atoms with Crippen LogP contribution in [0.4, 0.5) is 0 Å². The van der Waals surface area contributed by atoms with E-state index >= 15 is 0 Å². The van der Waals surface area contributed by atoms with Gasteiger partial charge in [0.25, 0.3) is 0 Å². The van der Waals surface area contributed by atoms with E-state index in [1.54, 1.807) is 6.26 Å². The van der Waals surface area contributed by atoms with Crippen LogP contribution in [0.3, 0.4) is 0 Å². The van der Waals surface area contributed by atoms with E-state index in [-0.39, 0.29) is 0 Å². The molecular weight excluding hydrogens is 140 g/mol. The zero-order valence-corrected chi connectivity index (χ0v) is 7.52. The summed E-state index contributed by atoms with van der Waals surface area (Å²) < 4.78 is 10.8. The summed E-state index contributed by atoms with van der Waals surface area (Å²) in [6, 6.07) is 0. The van der Waals surface area contributed by atoms with Crippen molar-refractivity contribution < 1.29 is 9.47 Å². The molecule has 1 heterocycles. The molecule has 0 fully saturated rings. The van der Waals surface area contributed by atoms with Crippen molar-refractivity contribution >= 4 is 0 Å². The van der Waals surface area contributed by atoms with Gasteiger partial charge >= 0.3 is 0 Å². The first-order chi connectivity index (χ1) is 5.14. The molecule has 0 amide bonds. The van der Waals surface area contributed by atoms with Crippen LogP contribution in [0, 0.1) is 0 Å². The second-order valence-corrected chi connectivity index (χ2v) is 3.31. The van der Waals surface area contributed by atoms with Crippen molar-refractivity contribution in [3.8, 4) is 0 Å². The third kappa shape index (κ3) is 2.45. The molecule has 64 valence electrons. The zero-order valence-electron chi connectivity index (χ0n) is 7.52. The highest BCUT2D eigenvalue weighted by molar-refractivity contribution is 4.94. The SMILES string of the molecule is CCCCC1=COC(C)(C)O1. The maximum atomic E-state index is 5.49. The molecule has 0 unspecified atom stereocenters. The summed E-state index contributed by atoms with van der Waals surface area (Å²) in [6.07, 6.45) is 5.10. The zero-order chi connectivity index (χ0) is 8.32. The van der Waals surface area contributed by atoms with E-state index in [4.69, 9.17) is 9.47 Å².